The number of rotatable bonds is 3. The van der Waals surface area contributed by atoms with Crippen molar-refractivity contribution in [2.75, 3.05) is 18.5 Å². The average molecular weight is 279 g/mol. The lowest BCUT2D eigenvalue weighted by Gasteiger charge is -2.20. The normalized spacial score (nSPS) is 11.8. The number of hydrogen-bond donors (Lipinski definition) is 1. The molecule has 0 bridgehead atoms. The van der Waals surface area contributed by atoms with Crippen LogP contribution in [-0.2, 0) is 10.1 Å². The SMILES string of the molecule is CCN(C)c1ccc2cc(C)ccc2c1S(=O)(=O)O. The quantitative estimate of drug-likeness (QED) is 0.878. The fourth-order valence-electron chi connectivity index (χ4n) is 2.15. The van der Waals surface area contributed by atoms with Gasteiger partial charge in [-0.2, -0.15) is 8.42 Å². The Hall–Kier alpha value is -1.59. The van der Waals surface area contributed by atoms with Crippen molar-refractivity contribution in [1.29, 1.82) is 0 Å². The Morgan fingerprint density at radius 2 is 1.89 bits per heavy atom. The van der Waals surface area contributed by atoms with E-state index in [-0.39, 0.29) is 4.90 Å². The van der Waals surface area contributed by atoms with Crippen LogP contribution in [0.5, 0.6) is 0 Å². The van der Waals surface area contributed by atoms with Crippen LogP contribution in [0.25, 0.3) is 10.8 Å². The summed E-state index contributed by atoms with van der Waals surface area (Å²) in [6.07, 6.45) is 0. The van der Waals surface area contributed by atoms with Gasteiger partial charge in [-0.3, -0.25) is 4.55 Å². The Bertz CT molecular complexity index is 723. The highest BCUT2D eigenvalue weighted by atomic mass is 32.2. The summed E-state index contributed by atoms with van der Waals surface area (Å²) in [7, 11) is -2.47. The molecule has 102 valence electrons. The molecule has 19 heavy (non-hydrogen) atoms. The summed E-state index contributed by atoms with van der Waals surface area (Å²) in [5.74, 6) is 0. The van der Waals surface area contributed by atoms with E-state index in [1.165, 1.54) is 0 Å². The molecule has 0 aliphatic rings. The van der Waals surface area contributed by atoms with Crippen molar-refractivity contribution < 1.29 is 13.0 Å². The molecule has 5 heteroatoms. The molecule has 0 aliphatic carbocycles. The summed E-state index contributed by atoms with van der Waals surface area (Å²) in [5, 5.41) is 1.35. The molecule has 4 nitrogen and oxygen atoms in total. The molecule has 2 aromatic rings. The van der Waals surface area contributed by atoms with Gasteiger partial charge in [0, 0.05) is 19.0 Å². The fraction of sp³-hybridized carbons (Fsp3) is 0.286. The zero-order valence-electron chi connectivity index (χ0n) is 11.2. The van der Waals surface area contributed by atoms with Gasteiger partial charge >= 0.3 is 0 Å². The lowest BCUT2D eigenvalue weighted by molar-refractivity contribution is 0.484. The van der Waals surface area contributed by atoms with Crippen LogP contribution in [0, 0.1) is 6.92 Å². The van der Waals surface area contributed by atoms with Crippen LogP contribution < -0.4 is 4.90 Å². The predicted molar refractivity (Wildman–Crippen MR) is 77.4 cm³/mol. The molecular formula is C14H17NO3S. The van der Waals surface area contributed by atoms with Gasteiger partial charge in [0.05, 0.1) is 5.69 Å². The Kier molecular flexibility index (Phi) is 3.52. The van der Waals surface area contributed by atoms with Gasteiger partial charge in [-0.05, 0) is 25.3 Å². The second-order valence-corrected chi connectivity index (χ2v) is 5.99. The van der Waals surface area contributed by atoms with E-state index in [2.05, 4.69) is 0 Å². The van der Waals surface area contributed by atoms with Gasteiger partial charge < -0.3 is 4.90 Å². The largest absolute Gasteiger partial charge is 0.374 e. The zero-order valence-corrected chi connectivity index (χ0v) is 12.0. The van der Waals surface area contributed by atoms with Crippen molar-refractivity contribution >= 4 is 26.6 Å². The Balaban J connectivity index is 2.89. The topological polar surface area (TPSA) is 57.6 Å². The molecular weight excluding hydrogens is 262 g/mol. The second kappa shape index (κ2) is 4.83. The zero-order chi connectivity index (χ0) is 14.2. The van der Waals surface area contributed by atoms with E-state index < -0.39 is 10.1 Å². The van der Waals surface area contributed by atoms with Gasteiger partial charge in [-0.15, -0.1) is 0 Å². The van der Waals surface area contributed by atoms with Crippen LogP contribution in [0.15, 0.2) is 35.2 Å². The molecule has 2 rings (SSSR count). The van der Waals surface area contributed by atoms with Crippen molar-refractivity contribution in [3.8, 4) is 0 Å². The molecule has 2 aromatic carbocycles. The highest BCUT2D eigenvalue weighted by Crippen LogP contribution is 2.32. The Labute approximate surface area is 113 Å². The molecule has 0 heterocycles. The molecule has 0 amide bonds. The first kappa shape index (κ1) is 13.8. The van der Waals surface area contributed by atoms with E-state index >= 15 is 0 Å². The predicted octanol–water partition coefficient (Wildman–Crippen LogP) is 2.85. The van der Waals surface area contributed by atoms with E-state index in [9.17, 15) is 13.0 Å². The van der Waals surface area contributed by atoms with Gasteiger partial charge in [-0.25, -0.2) is 0 Å². The summed E-state index contributed by atoms with van der Waals surface area (Å²) in [4.78, 5) is 1.77. The number of aryl methyl sites for hydroxylation is 1. The van der Waals surface area contributed by atoms with E-state index in [0.717, 1.165) is 10.9 Å². The van der Waals surface area contributed by atoms with Gasteiger partial charge in [0.25, 0.3) is 10.1 Å². The third-order valence-corrected chi connectivity index (χ3v) is 4.19. The average Bonchev–Trinajstić information content (AvgIpc) is 2.35. The summed E-state index contributed by atoms with van der Waals surface area (Å²) < 4.78 is 32.9. The monoisotopic (exact) mass is 279 g/mol. The van der Waals surface area contributed by atoms with E-state index in [1.807, 2.05) is 32.0 Å². The van der Waals surface area contributed by atoms with Crippen LogP contribution in [0.4, 0.5) is 5.69 Å². The summed E-state index contributed by atoms with van der Waals surface area (Å²) in [5.41, 5.74) is 1.56. The standard InChI is InChI=1S/C14H17NO3S/c1-4-15(3)13-8-6-11-9-10(2)5-7-12(11)14(13)19(16,17)18/h5-9H,4H2,1-3H3,(H,16,17,18). The Morgan fingerprint density at radius 1 is 1.21 bits per heavy atom. The number of fused-ring (bicyclic) bond motifs is 1. The number of anilines is 1. The van der Waals surface area contributed by atoms with E-state index in [1.54, 1.807) is 24.1 Å². The number of hydrogen-bond acceptors (Lipinski definition) is 3. The molecule has 0 fully saturated rings. The third kappa shape index (κ3) is 2.57. The van der Waals surface area contributed by atoms with Crippen molar-refractivity contribution in [2.45, 2.75) is 18.7 Å². The lowest BCUT2D eigenvalue weighted by atomic mass is 10.1. The van der Waals surface area contributed by atoms with Crippen molar-refractivity contribution in [2.24, 2.45) is 0 Å². The van der Waals surface area contributed by atoms with E-state index in [0.29, 0.717) is 17.6 Å². The molecule has 0 radical (unpaired) electrons. The maximum Gasteiger partial charge on any atom is 0.297 e. The summed E-state index contributed by atoms with van der Waals surface area (Å²) >= 11 is 0. The van der Waals surface area contributed by atoms with Crippen LogP contribution >= 0.6 is 0 Å². The first-order valence-corrected chi connectivity index (χ1v) is 7.50. The number of nitrogens with zero attached hydrogens (tertiary/aromatic N) is 1. The second-order valence-electron chi connectivity index (χ2n) is 4.63. The molecule has 0 aliphatic heterocycles. The Morgan fingerprint density at radius 3 is 2.47 bits per heavy atom. The van der Waals surface area contributed by atoms with Crippen LogP contribution in [0.2, 0.25) is 0 Å². The highest BCUT2D eigenvalue weighted by molar-refractivity contribution is 7.86. The molecule has 0 spiro atoms. The highest BCUT2D eigenvalue weighted by Gasteiger charge is 2.21. The smallest absolute Gasteiger partial charge is 0.297 e. The first-order chi connectivity index (χ1) is 8.84. The molecule has 0 atom stereocenters. The summed E-state index contributed by atoms with van der Waals surface area (Å²) in [6.45, 7) is 4.52. The van der Waals surface area contributed by atoms with Gasteiger partial charge in [0.15, 0.2) is 0 Å². The van der Waals surface area contributed by atoms with Crippen molar-refractivity contribution in [1.82, 2.24) is 0 Å². The summed E-state index contributed by atoms with van der Waals surface area (Å²) in [6, 6.07) is 9.08. The first-order valence-electron chi connectivity index (χ1n) is 6.06. The molecule has 0 aromatic heterocycles. The molecule has 0 saturated carbocycles. The van der Waals surface area contributed by atoms with E-state index in [4.69, 9.17) is 0 Å². The minimum Gasteiger partial charge on any atom is -0.374 e. The maximum absolute atomic E-state index is 11.7. The minimum absolute atomic E-state index is 0.0191. The third-order valence-electron chi connectivity index (χ3n) is 3.25. The van der Waals surface area contributed by atoms with Gasteiger partial charge in [0.1, 0.15) is 4.90 Å². The van der Waals surface area contributed by atoms with Gasteiger partial charge in [0.2, 0.25) is 0 Å². The lowest BCUT2D eigenvalue weighted by Crippen LogP contribution is -2.19. The van der Waals surface area contributed by atoms with Crippen molar-refractivity contribution in [3.05, 3.63) is 35.9 Å². The van der Waals surface area contributed by atoms with Crippen LogP contribution in [0.3, 0.4) is 0 Å². The molecule has 0 saturated heterocycles. The van der Waals surface area contributed by atoms with Gasteiger partial charge in [-0.1, -0.05) is 29.8 Å². The fourth-order valence-corrected chi connectivity index (χ4v) is 3.10. The van der Waals surface area contributed by atoms with Crippen LogP contribution in [0.1, 0.15) is 12.5 Å². The maximum atomic E-state index is 11.7. The minimum atomic E-state index is -4.27. The van der Waals surface area contributed by atoms with Crippen LogP contribution in [-0.4, -0.2) is 26.6 Å². The number of benzene rings is 2. The van der Waals surface area contributed by atoms with Crippen molar-refractivity contribution in [3.63, 3.8) is 0 Å². The molecule has 1 N–H and O–H groups in total. The molecule has 0 unspecified atom stereocenters.